The van der Waals surface area contributed by atoms with E-state index in [-0.39, 0.29) is 11.3 Å². The second-order valence-corrected chi connectivity index (χ2v) is 8.68. The van der Waals surface area contributed by atoms with E-state index in [2.05, 4.69) is 38.4 Å². The maximum atomic E-state index is 15.2. The van der Waals surface area contributed by atoms with Crippen molar-refractivity contribution in [3.8, 4) is 0 Å². The summed E-state index contributed by atoms with van der Waals surface area (Å²) >= 11 is 3.43. The minimum Gasteiger partial charge on any atom is -0.352 e. The van der Waals surface area contributed by atoms with Gasteiger partial charge in [0, 0.05) is 9.26 Å². The molecule has 0 spiro atoms. The highest BCUT2D eigenvalue weighted by molar-refractivity contribution is 14.1. The molecule has 2 aromatic carbocycles. The van der Waals surface area contributed by atoms with Gasteiger partial charge >= 0.3 is 0 Å². The number of hydrogen-bond donors (Lipinski definition) is 2. The Morgan fingerprint density at radius 3 is 2.96 bits per heavy atom. The summed E-state index contributed by atoms with van der Waals surface area (Å²) in [6.45, 7) is 2.41. The number of nitrogens with one attached hydrogen (secondary N) is 2. The molecule has 4 rings (SSSR count). The summed E-state index contributed by atoms with van der Waals surface area (Å²) in [4.78, 5) is 22.1. The van der Waals surface area contributed by atoms with Crippen molar-refractivity contribution in [1.82, 2.24) is 10.5 Å². The summed E-state index contributed by atoms with van der Waals surface area (Å²) in [5.41, 5.74) is 6.45. The van der Waals surface area contributed by atoms with E-state index in [9.17, 15) is 4.79 Å². The third-order valence-corrected chi connectivity index (χ3v) is 5.94. The highest BCUT2D eigenvalue weighted by atomic mass is 127. The van der Waals surface area contributed by atoms with Gasteiger partial charge in [0.15, 0.2) is 5.82 Å². The zero-order chi connectivity index (χ0) is 19.0. The Morgan fingerprint density at radius 2 is 2.22 bits per heavy atom. The first-order valence-corrected chi connectivity index (χ1v) is 10.5. The topological polar surface area (TPSA) is 63.2 Å². The summed E-state index contributed by atoms with van der Waals surface area (Å²) in [6.07, 6.45) is 2.24. The normalized spacial score (nSPS) is 13.7. The highest BCUT2D eigenvalue weighted by Crippen LogP contribution is 2.34. The van der Waals surface area contributed by atoms with Gasteiger partial charge in [0.2, 0.25) is 0 Å². The molecular formula is C19H17FIN3O2S. The van der Waals surface area contributed by atoms with E-state index in [1.165, 1.54) is 11.3 Å². The number of anilines is 2. The van der Waals surface area contributed by atoms with Crippen molar-refractivity contribution < 1.29 is 14.0 Å². The fourth-order valence-corrected chi connectivity index (χ4v) is 4.09. The Hall–Kier alpha value is -1.78. The summed E-state index contributed by atoms with van der Waals surface area (Å²) in [6, 6.07) is 7.38. The van der Waals surface area contributed by atoms with Crippen LogP contribution in [0.15, 0.2) is 29.8 Å². The second-order valence-electron chi connectivity index (χ2n) is 6.58. The van der Waals surface area contributed by atoms with E-state index in [0.717, 1.165) is 27.7 Å². The van der Waals surface area contributed by atoms with E-state index < -0.39 is 11.7 Å². The number of thiazole rings is 1. The van der Waals surface area contributed by atoms with Crippen LogP contribution in [0.4, 0.5) is 15.8 Å². The molecule has 140 valence electrons. The lowest BCUT2D eigenvalue weighted by atomic mass is 10.1. The van der Waals surface area contributed by atoms with Crippen LogP contribution in [0.25, 0.3) is 10.2 Å². The van der Waals surface area contributed by atoms with Gasteiger partial charge in [-0.1, -0.05) is 0 Å². The van der Waals surface area contributed by atoms with Crippen molar-refractivity contribution in [3.63, 3.8) is 0 Å². The van der Waals surface area contributed by atoms with Gasteiger partial charge in [0.05, 0.1) is 33.6 Å². The van der Waals surface area contributed by atoms with Gasteiger partial charge in [0.1, 0.15) is 0 Å². The fraction of sp³-hybridized carbons (Fsp3) is 0.263. The molecule has 1 amide bonds. The van der Waals surface area contributed by atoms with Crippen LogP contribution in [-0.4, -0.2) is 17.5 Å². The first-order valence-electron chi connectivity index (χ1n) is 8.54. The van der Waals surface area contributed by atoms with E-state index >= 15 is 4.39 Å². The first kappa shape index (κ1) is 18.6. The number of hydroxylamine groups is 1. The number of carbonyl (C=O) groups is 1. The summed E-state index contributed by atoms with van der Waals surface area (Å²) in [7, 11) is 0. The number of carbonyl (C=O) groups excluding carboxylic acids is 1. The Labute approximate surface area is 173 Å². The standard InChI is InChI=1S/C19H17FIN3O2S/c1-10-6-12(21)4-5-14(10)23-17-13(19(25)24-26-8-11-2-3-11)7-15-18(16(17)20)27-9-22-15/h4-7,9,11,23H,2-3,8H2,1H3,(H,24,25). The Balaban J connectivity index is 1.69. The molecule has 27 heavy (non-hydrogen) atoms. The summed E-state index contributed by atoms with van der Waals surface area (Å²) in [5.74, 6) is -0.467. The van der Waals surface area contributed by atoms with Gasteiger partial charge in [-0.25, -0.2) is 14.9 Å². The van der Waals surface area contributed by atoms with E-state index in [1.54, 1.807) is 11.6 Å². The van der Waals surface area contributed by atoms with Crippen molar-refractivity contribution in [2.75, 3.05) is 11.9 Å². The third kappa shape index (κ3) is 4.07. The van der Waals surface area contributed by atoms with Crippen molar-refractivity contribution in [2.45, 2.75) is 19.8 Å². The lowest BCUT2D eigenvalue weighted by molar-refractivity contribution is 0.0271. The minimum absolute atomic E-state index is 0.128. The fourth-order valence-electron chi connectivity index (χ4n) is 2.73. The van der Waals surface area contributed by atoms with Gasteiger partial charge < -0.3 is 5.32 Å². The first-order chi connectivity index (χ1) is 13.0. The summed E-state index contributed by atoms with van der Waals surface area (Å²) < 4.78 is 16.7. The largest absolute Gasteiger partial charge is 0.352 e. The van der Waals surface area contributed by atoms with Crippen LogP contribution in [-0.2, 0) is 4.84 Å². The van der Waals surface area contributed by atoms with E-state index in [4.69, 9.17) is 4.84 Å². The molecule has 0 unspecified atom stereocenters. The molecule has 1 aromatic heterocycles. The Kier molecular flexibility index (Phi) is 5.29. The van der Waals surface area contributed by atoms with Crippen molar-refractivity contribution >= 4 is 61.4 Å². The number of aromatic nitrogens is 1. The molecule has 1 fully saturated rings. The molecule has 2 N–H and O–H groups in total. The highest BCUT2D eigenvalue weighted by Gasteiger charge is 2.24. The lowest BCUT2D eigenvalue weighted by Gasteiger charge is -2.15. The maximum Gasteiger partial charge on any atom is 0.277 e. The number of halogens is 2. The number of nitrogens with zero attached hydrogens (tertiary/aromatic N) is 1. The molecule has 1 heterocycles. The minimum atomic E-state index is -0.491. The predicted octanol–water partition coefficient (Wildman–Crippen LogP) is 5.16. The smallest absolute Gasteiger partial charge is 0.277 e. The number of hydrogen-bond acceptors (Lipinski definition) is 5. The number of rotatable bonds is 6. The molecule has 1 aliphatic carbocycles. The van der Waals surface area contributed by atoms with E-state index in [1.807, 2.05) is 25.1 Å². The van der Waals surface area contributed by atoms with Gasteiger partial charge in [-0.15, -0.1) is 11.3 Å². The van der Waals surface area contributed by atoms with Crippen LogP contribution in [0.1, 0.15) is 28.8 Å². The van der Waals surface area contributed by atoms with Gasteiger partial charge in [0.25, 0.3) is 5.91 Å². The molecule has 0 atom stereocenters. The monoisotopic (exact) mass is 497 g/mol. The van der Waals surface area contributed by atoms with Crippen molar-refractivity contribution in [1.29, 1.82) is 0 Å². The van der Waals surface area contributed by atoms with Crippen LogP contribution in [0, 0.1) is 22.2 Å². The SMILES string of the molecule is Cc1cc(I)ccc1Nc1c(C(=O)NOCC2CC2)cc2ncsc2c1F. The molecule has 0 aliphatic heterocycles. The van der Waals surface area contributed by atoms with Gasteiger partial charge in [-0.2, -0.15) is 0 Å². The van der Waals surface area contributed by atoms with Crippen LogP contribution in [0.2, 0.25) is 0 Å². The van der Waals surface area contributed by atoms with Crippen LogP contribution in [0.5, 0.6) is 0 Å². The maximum absolute atomic E-state index is 15.2. The molecule has 0 bridgehead atoms. The zero-order valence-corrected chi connectivity index (χ0v) is 17.5. The van der Waals surface area contributed by atoms with Crippen molar-refractivity contribution in [3.05, 3.63) is 50.3 Å². The molecular weight excluding hydrogens is 480 g/mol. The molecule has 0 saturated heterocycles. The quantitative estimate of drug-likeness (QED) is 0.365. The Bertz CT molecular complexity index is 1020. The molecule has 1 aliphatic rings. The molecule has 5 nitrogen and oxygen atoms in total. The molecule has 0 radical (unpaired) electrons. The predicted molar refractivity (Wildman–Crippen MR) is 113 cm³/mol. The number of benzene rings is 2. The third-order valence-electron chi connectivity index (χ3n) is 4.44. The molecule has 1 saturated carbocycles. The lowest BCUT2D eigenvalue weighted by Crippen LogP contribution is -2.26. The average Bonchev–Trinajstić information content (AvgIpc) is 3.33. The van der Waals surface area contributed by atoms with Crippen LogP contribution in [0.3, 0.4) is 0 Å². The van der Waals surface area contributed by atoms with Crippen molar-refractivity contribution in [2.24, 2.45) is 5.92 Å². The molecule has 3 aromatic rings. The van der Waals surface area contributed by atoms with Gasteiger partial charge in [-0.3, -0.25) is 9.63 Å². The summed E-state index contributed by atoms with van der Waals surface area (Å²) in [5, 5.41) is 3.09. The van der Waals surface area contributed by atoms with Crippen LogP contribution < -0.4 is 10.8 Å². The number of amides is 1. The van der Waals surface area contributed by atoms with Crippen LogP contribution >= 0.6 is 33.9 Å². The van der Waals surface area contributed by atoms with Gasteiger partial charge in [-0.05, 0) is 78.1 Å². The second kappa shape index (κ2) is 7.69. The number of fused-ring (bicyclic) bond motifs is 1. The number of aryl methyl sites for hydroxylation is 1. The molecule has 8 heteroatoms. The zero-order valence-electron chi connectivity index (χ0n) is 14.5. The van der Waals surface area contributed by atoms with E-state index in [0.29, 0.717) is 22.7 Å². The Morgan fingerprint density at radius 1 is 1.41 bits per heavy atom. The average molecular weight is 497 g/mol.